The van der Waals surface area contributed by atoms with Crippen LogP contribution in [0.1, 0.15) is 18.9 Å². The molecule has 0 amide bonds. The number of hydrogen-bond acceptors (Lipinski definition) is 1. The SMILES string of the molecule is CC1CCc2c(Cl)ccc(F)c2N1. The first-order chi connectivity index (χ1) is 6.18. The van der Waals surface area contributed by atoms with Gasteiger partial charge in [0.1, 0.15) is 5.82 Å². The molecule has 0 radical (unpaired) electrons. The van der Waals surface area contributed by atoms with Gasteiger partial charge in [-0.2, -0.15) is 0 Å². The summed E-state index contributed by atoms with van der Waals surface area (Å²) in [5.74, 6) is -0.203. The van der Waals surface area contributed by atoms with Gasteiger partial charge in [-0.1, -0.05) is 11.6 Å². The van der Waals surface area contributed by atoms with Crippen LogP contribution in [-0.2, 0) is 6.42 Å². The van der Waals surface area contributed by atoms with Crippen LogP contribution in [0, 0.1) is 5.82 Å². The summed E-state index contributed by atoms with van der Waals surface area (Å²) in [7, 11) is 0. The van der Waals surface area contributed by atoms with E-state index in [1.54, 1.807) is 6.07 Å². The Kier molecular flexibility index (Phi) is 2.16. The molecule has 1 unspecified atom stereocenters. The van der Waals surface area contributed by atoms with E-state index in [-0.39, 0.29) is 5.82 Å². The molecule has 3 heteroatoms. The van der Waals surface area contributed by atoms with E-state index in [0.29, 0.717) is 16.8 Å². The molecule has 0 aliphatic carbocycles. The zero-order valence-corrected chi connectivity index (χ0v) is 8.16. The summed E-state index contributed by atoms with van der Waals surface area (Å²) in [6.45, 7) is 2.04. The second kappa shape index (κ2) is 3.18. The normalized spacial score (nSPS) is 20.7. The molecular formula is C10H11ClFN. The van der Waals surface area contributed by atoms with Crippen LogP contribution in [-0.4, -0.2) is 6.04 Å². The van der Waals surface area contributed by atoms with Gasteiger partial charge in [0.2, 0.25) is 0 Å². The first-order valence-electron chi connectivity index (χ1n) is 4.42. The molecule has 0 saturated heterocycles. The monoisotopic (exact) mass is 199 g/mol. The molecule has 70 valence electrons. The van der Waals surface area contributed by atoms with E-state index in [0.717, 1.165) is 18.4 Å². The summed E-state index contributed by atoms with van der Waals surface area (Å²) in [5, 5.41) is 3.77. The summed E-state index contributed by atoms with van der Waals surface area (Å²) < 4.78 is 13.3. The van der Waals surface area contributed by atoms with Crippen molar-refractivity contribution >= 4 is 17.3 Å². The first kappa shape index (κ1) is 8.82. The molecule has 0 fully saturated rings. The number of nitrogens with one attached hydrogen (secondary N) is 1. The van der Waals surface area contributed by atoms with E-state index in [2.05, 4.69) is 5.32 Å². The number of hydrogen-bond donors (Lipinski definition) is 1. The Hall–Kier alpha value is -0.760. The lowest BCUT2D eigenvalue weighted by Gasteiger charge is -2.25. The van der Waals surface area contributed by atoms with E-state index in [4.69, 9.17) is 11.6 Å². The Labute approximate surface area is 81.9 Å². The van der Waals surface area contributed by atoms with Crippen LogP contribution in [0.2, 0.25) is 5.02 Å². The van der Waals surface area contributed by atoms with Crippen LogP contribution >= 0.6 is 11.6 Å². The van der Waals surface area contributed by atoms with Crippen molar-refractivity contribution in [2.24, 2.45) is 0 Å². The van der Waals surface area contributed by atoms with Crippen molar-refractivity contribution in [1.82, 2.24) is 0 Å². The summed E-state index contributed by atoms with van der Waals surface area (Å²) in [5.41, 5.74) is 1.51. The summed E-state index contributed by atoms with van der Waals surface area (Å²) >= 11 is 5.96. The van der Waals surface area contributed by atoms with Gasteiger partial charge in [0.15, 0.2) is 0 Å². The van der Waals surface area contributed by atoms with Crippen molar-refractivity contribution in [3.8, 4) is 0 Å². The third-order valence-electron chi connectivity index (χ3n) is 2.42. The van der Waals surface area contributed by atoms with Gasteiger partial charge in [0, 0.05) is 11.1 Å². The highest BCUT2D eigenvalue weighted by molar-refractivity contribution is 6.31. The topological polar surface area (TPSA) is 12.0 Å². The van der Waals surface area contributed by atoms with Crippen LogP contribution < -0.4 is 5.32 Å². The fourth-order valence-corrected chi connectivity index (χ4v) is 1.93. The molecule has 1 heterocycles. The van der Waals surface area contributed by atoms with Crippen LogP contribution in [0.25, 0.3) is 0 Å². The summed E-state index contributed by atoms with van der Waals surface area (Å²) in [4.78, 5) is 0. The third kappa shape index (κ3) is 1.51. The average Bonchev–Trinajstić information content (AvgIpc) is 2.12. The maximum absolute atomic E-state index is 13.3. The van der Waals surface area contributed by atoms with E-state index in [1.807, 2.05) is 6.92 Å². The van der Waals surface area contributed by atoms with E-state index < -0.39 is 0 Å². The van der Waals surface area contributed by atoms with Crippen molar-refractivity contribution in [2.75, 3.05) is 5.32 Å². The van der Waals surface area contributed by atoms with Crippen molar-refractivity contribution in [3.63, 3.8) is 0 Å². The van der Waals surface area contributed by atoms with E-state index >= 15 is 0 Å². The fraction of sp³-hybridized carbons (Fsp3) is 0.400. The van der Waals surface area contributed by atoms with Crippen LogP contribution in [0.5, 0.6) is 0 Å². The van der Waals surface area contributed by atoms with E-state index in [1.165, 1.54) is 6.07 Å². The lowest BCUT2D eigenvalue weighted by Crippen LogP contribution is -2.23. The highest BCUT2D eigenvalue weighted by atomic mass is 35.5. The maximum atomic E-state index is 13.3. The van der Waals surface area contributed by atoms with Crippen molar-refractivity contribution in [3.05, 3.63) is 28.5 Å². The van der Waals surface area contributed by atoms with Crippen molar-refractivity contribution < 1.29 is 4.39 Å². The molecular weight excluding hydrogens is 189 g/mol. The number of halogens is 2. The highest BCUT2D eigenvalue weighted by Crippen LogP contribution is 2.32. The standard InChI is InChI=1S/C10H11ClFN/c1-6-2-3-7-8(11)4-5-9(12)10(7)13-6/h4-6,13H,2-3H2,1H3. The molecule has 1 aromatic carbocycles. The molecule has 0 saturated carbocycles. The smallest absolute Gasteiger partial charge is 0.146 e. The van der Waals surface area contributed by atoms with Gasteiger partial charge in [-0.15, -0.1) is 0 Å². The maximum Gasteiger partial charge on any atom is 0.146 e. The molecule has 1 N–H and O–H groups in total. The Morgan fingerprint density at radius 3 is 3.08 bits per heavy atom. The molecule has 0 aromatic heterocycles. The van der Waals surface area contributed by atoms with Gasteiger partial charge in [0.05, 0.1) is 5.69 Å². The van der Waals surface area contributed by atoms with Gasteiger partial charge in [-0.3, -0.25) is 0 Å². The van der Waals surface area contributed by atoms with Gasteiger partial charge >= 0.3 is 0 Å². The number of rotatable bonds is 0. The average molecular weight is 200 g/mol. The van der Waals surface area contributed by atoms with Gasteiger partial charge < -0.3 is 5.32 Å². The quantitative estimate of drug-likeness (QED) is 0.677. The Bertz CT molecular complexity index is 338. The molecule has 1 nitrogen and oxygen atoms in total. The molecule has 1 aromatic rings. The van der Waals surface area contributed by atoms with Crippen molar-refractivity contribution in [1.29, 1.82) is 0 Å². The Morgan fingerprint density at radius 1 is 1.54 bits per heavy atom. The highest BCUT2D eigenvalue weighted by Gasteiger charge is 2.19. The summed E-state index contributed by atoms with van der Waals surface area (Å²) in [6, 6.07) is 3.36. The molecule has 1 aliphatic rings. The molecule has 0 bridgehead atoms. The zero-order valence-electron chi connectivity index (χ0n) is 7.40. The lowest BCUT2D eigenvalue weighted by molar-refractivity contribution is 0.606. The Morgan fingerprint density at radius 2 is 2.31 bits per heavy atom. The van der Waals surface area contributed by atoms with Gasteiger partial charge in [0.25, 0.3) is 0 Å². The minimum atomic E-state index is -0.203. The van der Waals surface area contributed by atoms with Crippen LogP contribution in [0.4, 0.5) is 10.1 Å². The lowest BCUT2D eigenvalue weighted by atomic mass is 9.99. The number of fused-ring (bicyclic) bond motifs is 1. The predicted octanol–water partition coefficient (Wildman–Crippen LogP) is 3.23. The van der Waals surface area contributed by atoms with Gasteiger partial charge in [-0.05, 0) is 37.5 Å². The third-order valence-corrected chi connectivity index (χ3v) is 2.78. The molecule has 2 rings (SSSR count). The predicted molar refractivity (Wildman–Crippen MR) is 52.8 cm³/mol. The largest absolute Gasteiger partial charge is 0.380 e. The Balaban J connectivity index is 2.51. The van der Waals surface area contributed by atoms with Crippen LogP contribution in [0.3, 0.4) is 0 Å². The van der Waals surface area contributed by atoms with E-state index in [9.17, 15) is 4.39 Å². The molecule has 1 atom stereocenters. The van der Waals surface area contributed by atoms with Gasteiger partial charge in [-0.25, -0.2) is 4.39 Å². The minimum absolute atomic E-state index is 0.203. The molecule has 13 heavy (non-hydrogen) atoms. The molecule has 1 aliphatic heterocycles. The van der Waals surface area contributed by atoms with Crippen molar-refractivity contribution in [2.45, 2.75) is 25.8 Å². The summed E-state index contributed by atoms with van der Waals surface area (Å²) in [6.07, 6.45) is 1.87. The number of benzene rings is 1. The van der Waals surface area contributed by atoms with Crippen LogP contribution in [0.15, 0.2) is 12.1 Å². The molecule has 0 spiro atoms. The minimum Gasteiger partial charge on any atom is -0.380 e. The second-order valence-corrected chi connectivity index (χ2v) is 3.87. The fourth-order valence-electron chi connectivity index (χ4n) is 1.67. The second-order valence-electron chi connectivity index (χ2n) is 3.47. The zero-order chi connectivity index (χ0) is 9.42. The first-order valence-corrected chi connectivity index (χ1v) is 4.79. The number of anilines is 1.